The molecule has 0 amide bonds. The van der Waals surface area contributed by atoms with Gasteiger partial charge in [-0.15, -0.1) is 6.58 Å². The van der Waals surface area contributed by atoms with Crippen LogP contribution in [0.15, 0.2) is 91.5 Å². The third-order valence-electron chi connectivity index (χ3n) is 5.69. The first kappa shape index (κ1) is 26.5. The molecule has 7 heteroatoms. The van der Waals surface area contributed by atoms with Crippen LogP contribution in [0.25, 0.3) is 22.3 Å². The van der Waals surface area contributed by atoms with Crippen molar-refractivity contribution in [1.82, 2.24) is 0 Å². The van der Waals surface area contributed by atoms with Gasteiger partial charge in [-0.2, -0.15) is 0 Å². The van der Waals surface area contributed by atoms with Crippen molar-refractivity contribution >= 4 is 5.97 Å². The second-order valence-corrected chi connectivity index (χ2v) is 8.23. The van der Waals surface area contributed by atoms with Gasteiger partial charge < -0.3 is 14.2 Å². The molecule has 4 aromatic rings. The van der Waals surface area contributed by atoms with E-state index in [0.29, 0.717) is 42.3 Å². The molecule has 0 radical (unpaired) electrons. The molecule has 0 saturated heterocycles. The van der Waals surface area contributed by atoms with Gasteiger partial charge in [-0.3, -0.25) is 0 Å². The highest BCUT2D eigenvalue weighted by Gasteiger charge is 2.18. The van der Waals surface area contributed by atoms with E-state index < -0.39 is 23.4 Å². The highest BCUT2D eigenvalue weighted by molar-refractivity contribution is 5.91. The summed E-state index contributed by atoms with van der Waals surface area (Å²) >= 11 is 0. The Morgan fingerprint density at radius 3 is 1.92 bits per heavy atom. The largest absolute Gasteiger partial charge is 0.494 e. The van der Waals surface area contributed by atoms with Gasteiger partial charge in [0.15, 0.2) is 23.2 Å². The van der Waals surface area contributed by atoms with Crippen LogP contribution in [0.2, 0.25) is 0 Å². The van der Waals surface area contributed by atoms with E-state index >= 15 is 4.39 Å². The Bertz CT molecular complexity index is 1430. The number of rotatable bonds is 10. The summed E-state index contributed by atoms with van der Waals surface area (Å²) < 4.78 is 60.2. The molecule has 0 aliphatic carbocycles. The van der Waals surface area contributed by atoms with E-state index in [1.807, 2.05) is 6.92 Å². The molecule has 4 aromatic carbocycles. The number of carbonyl (C=O) groups excluding carboxylic acids is 1. The number of benzene rings is 4. The smallest absolute Gasteiger partial charge is 0.343 e. The van der Waals surface area contributed by atoms with Crippen molar-refractivity contribution in [2.24, 2.45) is 0 Å². The molecule has 0 aliphatic rings. The van der Waals surface area contributed by atoms with Gasteiger partial charge in [0.25, 0.3) is 0 Å². The van der Waals surface area contributed by atoms with E-state index in [2.05, 4.69) is 6.58 Å². The predicted molar refractivity (Wildman–Crippen MR) is 140 cm³/mol. The molecule has 0 fully saturated rings. The standard InChI is InChI=1S/C31H25F3O4/c1-3-5-18-37-24-14-17-28(27(32)19-24)38-31(35)22-8-6-20(7-9-22)25-15-16-26(30(34)29(25)33)21-10-12-23(13-11-21)36-4-2/h3,6-17,19H,1,4-5,18H2,2H3. The average Bonchev–Trinajstić information content (AvgIpc) is 2.93. The van der Waals surface area contributed by atoms with Gasteiger partial charge in [-0.05, 0) is 60.9 Å². The van der Waals surface area contributed by atoms with Gasteiger partial charge in [0, 0.05) is 17.2 Å². The van der Waals surface area contributed by atoms with Gasteiger partial charge in [-0.25, -0.2) is 18.0 Å². The van der Waals surface area contributed by atoms with Crippen molar-refractivity contribution < 1.29 is 32.2 Å². The molecule has 0 unspecified atom stereocenters. The summed E-state index contributed by atoms with van der Waals surface area (Å²) in [5.74, 6) is -2.86. The summed E-state index contributed by atoms with van der Waals surface area (Å²) in [5.41, 5.74) is 1.15. The van der Waals surface area contributed by atoms with Crippen molar-refractivity contribution in [3.63, 3.8) is 0 Å². The zero-order chi connectivity index (χ0) is 27.1. The number of carbonyl (C=O) groups is 1. The van der Waals surface area contributed by atoms with Gasteiger partial charge in [-0.1, -0.05) is 42.5 Å². The Kier molecular flexibility index (Phi) is 8.48. The Labute approximate surface area is 218 Å². The van der Waals surface area contributed by atoms with Gasteiger partial charge >= 0.3 is 5.97 Å². The van der Waals surface area contributed by atoms with Crippen LogP contribution in [0.4, 0.5) is 13.2 Å². The minimum Gasteiger partial charge on any atom is -0.494 e. The average molecular weight is 519 g/mol. The molecule has 0 bridgehead atoms. The summed E-state index contributed by atoms with van der Waals surface area (Å²) in [5, 5.41) is 0. The minimum atomic E-state index is -1.01. The van der Waals surface area contributed by atoms with Crippen LogP contribution in [-0.2, 0) is 0 Å². The monoisotopic (exact) mass is 518 g/mol. The van der Waals surface area contributed by atoms with Crippen LogP contribution < -0.4 is 14.2 Å². The van der Waals surface area contributed by atoms with Gasteiger partial charge in [0.2, 0.25) is 0 Å². The van der Waals surface area contributed by atoms with E-state index in [0.717, 1.165) is 6.07 Å². The maximum atomic E-state index is 15.0. The summed E-state index contributed by atoms with van der Waals surface area (Å²) in [6, 6.07) is 19.4. The molecule has 0 spiro atoms. The Balaban J connectivity index is 1.48. The van der Waals surface area contributed by atoms with E-state index in [-0.39, 0.29) is 22.4 Å². The normalized spacial score (nSPS) is 10.6. The van der Waals surface area contributed by atoms with E-state index in [1.54, 1.807) is 30.3 Å². The van der Waals surface area contributed by atoms with E-state index in [4.69, 9.17) is 14.2 Å². The molecule has 194 valence electrons. The molecular formula is C31H25F3O4. The third kappa shape index (κ3) is 6.06. The summed E-state index contributed by atoms with van der Waals surface area (Å²) in [6.45, 7) is 6.30. The van der Waals surface area contributed by atoms with Crippen molar-refractivity contribution in [2.45, 2.75) is 13.3 Å². The fourth-order valence-electron chi connectivity index (χ4n) is 3.75. The Morgan fingerprint density at radius 1 is 0.789 bits per heavy atom. The summed E-state index contributed by atoms with van der Waals surface area (Å²) in [6.07, 6.45) is 2.29. The molecule has 0 aliphatic heterocycles. The maximum Gasteiger partial charge on any atom is 0.343 e. The van der Waals surface area contributed by atoms with Crippen LogP contribution in [0.1, 0.15) is 23.7 Å². The molecule has 0 atom stereocenters. The zero-order valence-electron chi connectivity index (χ0n) is 20.7. The highest BCUT2D eigenvalue weighted by Crippen LogP contribution is 2.32. The molecule has 0 aromatic heterocycles. The first-order valence-electron chi connectivity index (χ1n) is 12.0. The fraction of sp³-hybridized carbons (Fsp3) is 0.129. The lowest BCUT2D eigenvalue weighted by Crippen LogP contribution is -2.09. The van der Waals surface area contributed by atoms with E-state index in [1.165, 1.54) is 48.5 Å². The molecule has 0 heterocycles. The lowest BCUT2D eigenvalue weighted by molar-refractivity contribution is 0.0727. The fourth-order valence-corrected chi connectivity index (χ4v) is 3.75. The van der Waals surface area contributed by atoms with Crippen LogP contribution in [0.5, 0.6) is 17.2 Å². The molecule has 38 heavy (non-hydrogen) atoms. The first-order chi connectivity index (χ1) is 18.4. The number of ether oxygens (including phenoxy) is 3. The first-order valence-corrected chi connectivity index (χ1v) is 12.0. The molecule has 4 rings (SSSR count). The zero-order valence-corrected chi connectivity index (χ0v) is 20.7. The minimum absolute atomic E-state index is 0.0372. The molecule has 4 nitrogen and oxygen atoms in total. The molecule has 0 saturated carbocycles. The van der Waals surface area contributed by atoms with E-state index in [9.17, 15) is 13.6 Å². The third-order valence-corrected chi connectivity index (χ3v) is 5.69. The van der Waals surface area contributed by atoms with Gasteiger partial charge in [0.05, 0.1) is 18.8 Å². The molecular weight excluding hydrogens is 493 g/mol. The van der Waals surface area contributed by atoms with Gasteiger partial charge in [0.1, 0.15) is 11.5 Å². The number of halogens is 3. The number of esters is 1. The van der Waals surface area contributed by atoms with Crippen molar-refractivity contribution in [2.75, 3.05) is 13.2 Å². The van der Waals surface area contributed by atoms with Crippen molar-refractivity contribution in [3.8, 4) is 39.5 Å². The second kappa shape index (κ2) is 12.1. The van der Waals surface area contributed by atoms with Crippen molar-refractivity contribution in [3.05, 3.63) is 115 Å². The van der Waals surface area contributed by atoms with Crippen LogP contribution in [0.3, 0.4) is 0 Å². The lowest BCUT2D eigenvalue weighted by atomic mass is 9.98. The SMILES string of the molecule is C=CCCOc1ccc(OC(=O)c2ccc(-c3ccc(-c4ccc(OCC)cc4)c(F)c3F)cc2)c(F)c1. The maximum absolute atomic E-state index is 15.0. The quantitative estimate of drug-likeness (QED) is 0.0923. The van der Waals surface area contributed by atoms with Crippen molar-refractivity contribution in [1.29, 1.82) is 0 Å². The number of hydrogen-bond acceptors (Lipinski definition) is 4. The molecule has 0 N–H and O–H groups in total. The van der Waals surface area contributed by atoms with Crippen LogP contribution in [0, 0.1) is 17.5 Å². The summed E-state index contributed by atoms with van der Waals surface area (Å²) in [7, 11) is 0. The number of hydrogen-bond donors (Lipinski definition) is 0. The van der Waals surface area contributed by atoms with Crippen LogP contribution >= 0.6 is 0 Å². The lowest BCUT2D eigenvalue weighted by Gasteiger charge is -2.11. The Morgan fingerprint density at radius 2 is 1.37 bits per heavy atom. The predicted octanol–water partition coefficient (Wildman–Crippen LogP) is 8.01. The second-order valence-electron chi connectivity index (χ2n) is 8.23. The topological polar surface area (TPSA) is 44.8 Å². The Hall–Kier alpha value is -4.52. The highest BCUT2D eigenvalue weighted by atomic mass is 19.2. The summed E-state index contributed by atoms with van der Waals surface area (Å²) in [4.78, 5) is 12.5. The van der Waals surface area contributed by atoms with Crippen LogP contribution in [-0.4, -0.2) is 19.2 Å².